The van der Waals surface area contributed by atoms with Gasteiger partial charge in [0.25, 0.3) is 0 Å². The number of rotatable bonds is 6. The smallest absolute Gasteiger partial charge is 0.156 e. The van der Waals surface area contributed by atoms with E-state index < -0.39 is 9.84 Å². The predicted molar refractivity (Wildman–Crippen MR) is 113 cm³/mol. The van der Waals surface area contributed by atoms with Crippen molar-refractivity contribution in [3.05, 3.63) is 48.5 Å². The van der Waals surface area contributed by atoms with Gasteiger partial charge in [-0.05, 0) is 6.07 Å². The molecule has 2 aliphatic rings. The van der Waals surface area contributed by atoms with E-state index in [9.17, 15) is 8.42 Å². The van der Waals surface area contributed by atoms with Gasteiger partial charge in [-0.3, -0.25) is 4.90 Å². The van der Waals surface area contributed by atoms with Crippen molar-refractivity contribution in [3.63, 3.8) is 0 Å². The molecule has 3 heterocycles. The molecule has 0 saturated carbocycles. The number of nitrogens with two attached hydrogens (primary N) is 1. The number of nitrogens with zero attached hydrogens (tertiary/aromatic N) is 3. The lowest BCUT2D eigenvalue weighted by Crippen LogP contribution is -2.33. The first-order valence-electron chi connectivity index (χ1n) is 8.89. The van der Waals surface area contributed by atoms with Gasteiger partial charge >= 0.3 is 0 Å². The standard InChI is InChI=1S/C18H24N4O3S.2ClH/c19-16-12-26(23,24)18-11-22(10-15(16)18)9-14-3-1-2-4-17(14)25-8-7-21-6-5-20-13-21;;/h1-6,13,15-16,18H,7-12,19H2;2*1H/t15-,16+,18-;;/m0../s1. The van der Waals surface area contributed by atoms with Crippen molar-refractivity contribution in [3.8, 4) is 5.75 Å². The van der Waals surface area contributed by atoms with E-state index >= 15 is 0 Å². The van der Waals surface area contributed by atoms with Gasteiger partial charge in [0.2, 0.25) is 0 Å². The van der Waals surface area contributed by atoms with Crippen molar-refractivity contribution < 1.29 is 13.2 Å². The van der Waals surface area contributed by atoms with Crippen molar-refractivity contribution in [2.45, 2.75) is 24.4 Å². The minimum Gasteiger partial charge on any atom is -0.491 e. The van der Waals surface area contributed by atoms with Crippen molar-refractivity contribution >= 4 is 34.7 Å². The molecule has 2 aromatic rings. The van der Waals surface area contributed by atoms with Crippen molar-refractivity contribution in [1.29, 1.82) is 0 Å². The van der Waals surface area contributed by atoms with Crippen LogP contribution < -0.4 is 10.5 Å². The zero-order valence-electron chi connectivity index (χ0n) is 15.4. The number of para-hydroxylation sites is 1. The Morgan fingerprint density at radius 3 is 2.71 bits per heavy atom. The highest BCUT2D eigenvalue weighted by Crippen LogP contribution is 2.34. The minimum absolute atomic E-state index is 0. The van der Waals surface area contributed by atoms with Gasteiger partial charge in [0, 0.05) is 49.6 Å². The Bertz CT molecular complexity index is 863. The fourth-order valence-corrected chi connectivity index (χ4v) is 6.30. The number of halogens is 2. The summed E-state index contributed by atoms with van der Waals surface area (Å²) in [6.07, 6.45) is 5.42. The first kappa shape index (κ1) is 23.0. The summed E-state index contributed by atoms with van der Waals surface area (Å²) in [5, 5.41) is -0.313. The fourth-order valence-electron chi connectivity index (χ4n) is 4.01. The van der Waals surface area contributed by atoms with Crippen LogP contribution in [0, 0.1) is 5.92 Å². The van der Waals surface area contributed by atoms with Crippen LogP contribution in [0.3, 0.4) is 0 Å². The van der Waals surface area contributed by atoms with Gasteiger partial charge < -0.3 is 15.0 Å². The summed E-state index contributed by atoms with van der Waals surface area (Å²) in [7, 11) is -3.05. The molecule has 0 radical (unpaired) electrons. The van der Waals surface area contributed by atoms with Gasteiger partial charge in [-0.15, -0.1) is 24.8 Å². The quantitative estimate of drug-likeness (QED) is 0.717. The largest absolute Gasteiger partial charge is 0.491 e. The van der Waals surface area contributed by atoms with Crippen LogP contribution in [0.1, 0.15) is 5.56 Å². The van der Waals surface area contributed by atoms with Crippen LogP contribution in [-0.4, -0.2) is 59.6 Å². The summed E-state index contributed by atoms with van der Waals surface area (Å²) in [6, 6.07) is 7.70. The number of fused-ring (bicyclic) bond motifs is 1. The van der Waals surface area contributed by atoms with Gasteiger partial charge in [0.1, 0.15) is 12.4 Å². The Kier molecular flexibility index (Phi) is 7.75. The molecule has 156 valence electrons. The second-order valence-corrected chi connectivity index (χ2v) is 9.41. The molecule has 4 rings (SSSR count). The molecule has 2 fully saturated rings. The third-order valence-corrected chi connectivity index (χ3v) is 7.62. The summed E-state index contributed by atoms with van der Waals surface area (Å²) in [4.78, 5) is 6.21. The van der Waals surface area contributed by atoms with Crippen LogP contribution in [0.2, 0.25) is 0 Å². The van der Waals surface area contributed by atoms with Crippen LogP contribution >= 0.6 is 24.8 Å². The third kappa shape index (κ3) is 4.80. The SMILES string of the molecule is Cl.Cl.N[C@@H]1CS(=O)(=O)[C@H]2CN(Cc3ccccc3OCCn3ccnc3)C[C@@H]12. The third-order valence-electron chi connectivity index (χ3n) is 5.35. The average Bonchev–Trinajstić information content (AvgIpc) is 3.29. The summed E-state index contributed by atoms with van der Waals surface area (Å²) in [5.41, 5.74) is 7.13. The number of imidazole rings is 1. The number of benzene rings is 1. The summed E-state index contributed by atoms with van der Waals surface area (Å²) < 4.78 is 32.4. The topological polar surface area (TPSA) is 90.5 Å². The molecule has 10 heteroatoms. The molecule has 3 atom stereocenters. The molecule has 0 spiro atoms. The highest BCUT2D eigenvalue weighted by atomic mass is 35.5. The Balaban J connectivity index is 0.00000140. The monoisotopic (exact) mass is 448 g/mol. The number of aromatic nitrogens is 2. The molecular weight excluding hydrogens is 423 g/mol. The molecule has 0 amide bonds. The average molecular weight is 449 g/mol. The molecule has 2 saturated heterocycles. The van der Waals surface area contributed by atoms with E-state index in [1.54, 1.807) is 12.5 Å². The molecule has 28 heavy (non-hydrogen) atoms. The van der Waals surface area contributed by atoms with Gasteiger partial charge in [-0.25, -0.2) is 13.4 Å². The highest BCUT2D eigenvalue weighted by Gasteiger charge is 2.50. The lowest BCUT2D eigenvalue weighted by atomic mass is 10.0. The van der Waals surface area contributed by atoms with Crippen LogP contribution in [0.15, 0.2) is 43.0 Å². The second kappa shape index (κ2) is 9.45. The maximum atomic E-state index is 12.2. The lowest BCUT2D eigenvalue weighted by Gasteiger charge is -2.20. The lowest BCUT2D eigenvalue weighted by molar-refractivity contribution is 0.276. The number of sulfone groups is 1. The van der Waals surface area contributed by atoms with E-state index in [0.29, 0.717) is 19.7 Å². The highest BCUT2D eigenvalue weighted by molar-refractivity contribution is 7.92. The molecule has 0 bridgehead atoms. The molecule has 0 aliphatic carbocycles. The van der Waals surface area contributed by atoms with Crippen LogP contribution in [-0.2, 0) is 22.9 Å². The Labute approximate surface area is 178 Å². The normalized spacial score (nSPS) is 25.5. The molecule has 1 aromatic carbocycles. The molecule has 2 aliphatic heterocycles. The maximum absolute atomic E-state index is 12.2. The first-order valence-corrected chi connectivity index (χ1v) is 10.6. The first-order chi connectivity index (χ1) is 12.5. The van der Waals surface area contributed by atoms with E-state index in [-0.39, 0.29) is 47.8 Å². The Hall–Kier alpha value is -1.32. The van der Waals surface area contributed by atoms with Gasteiger partial charge in [-0.2, -0.15) is 0 Å². The van der Waals surface area contributed by atoms with Crippen LogP contribution in [0.5, 0.6) is 5.75 Å². The van der Waals surface area contributed by atoms with E-state index in [2.05, 4.69) is 9.88 Å². The number of hydrogen-bond donors (Lipinski definition) is 1. The van der Waals surface area contributed by atoms with E-state index in [4.69, 9.17) is 10.5 Å². The summed E-state index contributed by atoms with van der Waals surface area (Å²) in [6.45, 7) is 3.25. The van der Waals surface area contributed by atoms with E-state index in [1.165, 1.54) is 0 Å². The van der Waals surface area contributed by atoms with Crippen molar-refractivity contribution in [2.75, 3.05) is 25.4 Å². The number of likely N-dealkylation sites (tertiary alicyclic amines) is 1. The Morgan fingerprint density at radius 2 is 2.00 bits per heavy atom. The minimum atomic E-state index is -3.05. The maximum Gasteiger partial charge on any atom is 0.156 e. The summed E-state index contributed by atoms with van der Waals surface area (Å²) >= 11 is 0. The van der Waals surface area contributed by atoms with Gasteiger partial charge in [0.05, 0.1) is 23.9 Å². The Morgan fingerprint density at radius 1 is 1.21 bits per heavy atom. The number of ether oxygens (including phenoxy) is 1. The molecular formula is C18H26Cl2N4O3S. The van der Waals surface area contributed by atoms with E-state index in [1.807, 2.05) is 35.0 Å². The predicted octanol–water partition coefficient (Wildman–Crippen LogP) is 1.36. The van der Waals surface area contributed by atoms with Crippen LogP contribution in [0.25, 0.3) is 0 Å². The van der Waals surface area contributed by atoms with Gasteiger partial charge in [0.15, 0.2) is 9.84 Å². The van der Waals surface area contributed by atoms with Crippen molar-refractivity contribution in [2.24, 2.45) is 11.7 Å². The molecule has 0 unspecified atom stereocenters. The molecule has 1 aromatic heterocycles. The zero-order chi connectivity index (χ0) is 18.1. The number of hydrogen-bond acceptors (Lipinski definition) is 6. The fraction of sp³-hybridized carbons (Fsp3) is 0.500. The van der Waals surface area contributed by atoms with Crippen LogP contribution in [0.4, 0.5) is 0 Å². The zero-order valence-corrected chi connectivity index (χ0v) is 17.8. The summed E-state index contributed by atoms with van der Waals surface area (Å²) in [5.74, 6) is 1.02. The molecule has 2 N–H and O–H groups in total. The van der Waals surface area contributed by atoms with E-state index in [0.717, 1.165) is 24.4 Å². The van der Waals surface area contributed by atoms with Gasteiger partial charge in [-0.1, -0.05) is 18.2 Å². The second-order valence-electron chi connectivity index (χ2n) is 7.15. The molecule has 7 nitrogen and oxygen atoms in total. The van der Waals surface area contributed by atoms with Crippen molar-refractivity contribution in [1.82, 2.24) is 14.5 Å².